The number of hydrogen-bond donors (Lipinski definition) is 2. The topological polar surface area (TPSA) is 72.4 Å². The number of aromatic nitrogens is 2. The summed E-state index contributed by atoms with van der Waals surface area (Å²) in [4.78, 5) is 16.8. The summed E-state index contributed by atoms with van der Waals surface area (Å²) in [5, 5.41) is 3.65. The molecule has 32 heavy (non-hydrogen) atoms. The van der Waals surface area contributed by atoms with Crippen molar-refractivity contribution in [1.82, 2.24) is 9.38 Å². The van der Waals surface area contributed by atoms with E-state index in [-0.39, 0.29) is 0 Å². The second-order valence-corrected chi connectivity index (χ2v) is 8.03. The molecular weight excluding hydrogens is 396 g/mol. The van der Waals surface area contributed by atoms with Crippen molar-refractivity contribution in [3.8, 4) is 33.6 Å². The highest BCUT2D eigenvalue weighted by molar-refractivity contribution is 5.97. The summed E-state index contributed by atoms with van der Waals surface area (Å²) in [7, 11) is 0. The zero-order chi connectivity index (χ0) is 21.8. The number of carbonyl (C=O) groups excluding carboxylic acids is 1. The van der Waals surface area contributed by atoms with Crippen molar-refractivity contribution in [2.75, 3.05) is 5.32 Å². The third-order valence-electron chi connectivity index (χ3n) is 6.08. The summed E-state index contributed by atoms with van der Waals surface area (Å²) in [5.74, 6) is 0.501. The van der Waals surface area contributed by atoms with Crippen LogP contribution in [0.25, 0.3) is 39.3 Å². The van der Waals surface area contributed by atoms with Crippen LogP contribution in [-0.2, 0) is 0 Å². The monoisotopic (exact) mass is 416 g/mol. The van der Waals surface area contributed by atoms with E-state index < -0.39 is 5.91 Å². The van der Waals surface area contributed by atoms with Gasteiger partial charge in [-0.3, -0.25) is 9.20 Å². The SMILES string of the molecule is Cc1cccc2c1Nc1c(-c3ccccc3-c3cccc(C(N)=O)c3)nc3cccc-2n13. The molecule has 0 saturated heterocycles. The number of anilines is 2. The number of aryl methyl sites for hydroxylation is 1. The summed E-state index contributed by atoms with van der Waals surface area (Å²) >= 11 is 0. The highest BCUT2D eigenvalue weighted by atomic mass is 16.1. The molecule has 0 radical (unpaired) electrons. The molecule has 1 amide bonds. The van der Waals surface area contributed by atoms with Crippen molar-refractivity contribution in [1.29, 1.82) is 0 Å². The third-order valence-corrected chi connectivity index (χ3v) is 6.08. The first kappa shape index (κ1) is 18.4. The number of hydrogen-bond acceptors (Lipinski definition) is 3. The molecule has 3 heterocycles. The highest BCUT2D eigenvalue weighted by Crippen LogP contribution is 2.44. The van der Waals surface area contributed by atoms with E-state index in [9.17, 15) is 4.79 Å². The van der Waals surface area contributed by atoms with Crippen molar-refractivity contribution < 1.29 is 4.79 Å². The van der Waals surface area contributed by atoms with E-state index in [1.165, 1.54) is 5.56 Å². The first-order valence-corrected chi connectivity index (χ1v) is 10.5. The Morgan fingerprint density at radius 2 is 1.62 bits per heavy atom. The molecule has 154 valence electrons. The summed E-state index contributed by atoms with van der Waals surface area (Å²) in [6, 6.07) is 28.1. The fourth-order valence-electron chi connectivity index (χ4n) is 4.55. The molecule has 1 aliphatic rings. The number of rotatable bonds is 3. The zero-order valence-electron chi connectivity index (χ0n) is 17.5. The number of nitrogens with two attached hydrogens (primary N) is 1. The van der Waals surface area contributed by atoms with Gasteiger partial charge in [0, 0.05) is 16.7 Å². The molecule has 5 nitrogen and oxygen atoms in total. The minimum atomic E-state index is -0.439. The lowest BCUT2D eigenvalue weighted by molar-refractivity contribution is 0.100. The van der Waals surface area contributed by atoms with Gasteiger partial charge in [0.25, 0.3) is 0 Å². The van der Waals surface area contributed by atoms with E-state index in [0.717, 1.165) is 50.8 Å². The second kappa shape index (κ2) is 6.82. The normalized spacial score (nSPS) is 11.8. The van der Waals surface area contributed by atoms with E-state index in [0.29, 0.717) is 5.56 Å². The Balaban J connectivity index is 1.62. The van der Waals surface area contributed by atoms with Crippen LogP contribution in [0.3, 0.4) is 0 Å². The van der Waals surface area contributed by atoms with Gasteiger partial charge in [-0.05, 0) is 47.9 Å². The third kappa shape index (κ3) is 2.65. The predicted octanol–water partition coefficient (Wildman–Crippen LogP) is 5.80. The Bertz CT molecular complexity index is 1550. The molecule has 3 N–H and O–H groups in total. The summed E-state index contributed by atoms with van der Waals surface area (Å²) in [6.45, 7) is 2.11. The van der Waals surface area contributed by atoms with Crippen molar-refractivity contribution >= 4 is 23.1 Å². The van der Waals surface area contributed by atoms with Crippen molar-refractivity contribution in [2.24, 2.45) is 5.73 Å². The average molecular weight is 416 g/mol. The van der Waals surface area contributed by atoms with Gasteiger partial charge in [0.15, 0.2) is 0 Å². The van der Waals surface area contributed by atoms with Crippen molar-refractivity contribution in [3.63, 3.8) is 0 Å². The fourth-order valence-corrected chi connectivity index (χ4v) is 4.55. The standard InChI is InChI=1S/C27H20N4O/c1-16-7-4-12-21-22-13-6-14-23-29-25(27(31(22)23)30-24(16)21)20-11-3-2-10-19(20)17-8-5-9-18(15-17)26(28)32/h2-15,30H,1H3,(H2,28,32). The molecule has 6 rings (SSSR count). The zero-order valence-corrected chi connectivity index (χ0v) is 17.5. The van der Waals surface area contributed by atoms with Gasteiger partial charge in [-0.15, -0.1) is 0 Å². The number of nitrogens with zero attached hydrogens (tertiary/aromatic N) is 2. The average Bonchev–Trinajstić information content (AvgIpc) is 3.19. The van der Waals surface area contributed by atoms with E-state index in [4.69, 9.17) is 10.7 Å². The maximum atomic E-state index is 11.7. The molecule has 3 aromatic carbocycles. The van der Waals surface area contributed by atoms with Gasteiger partial charge in [-0.1, -0.05) is 60.7 Å². The lowest BCUT2D eigenvalue weighted by atomic mass is 9.95. The van der Waals surface area contributed by atoms with E-state index in [2.05, 4.69) is 53.0 Å². The van der Waals surface area contributed by atoms with Gasteiger partial charge >= 0.3 is 0 Å². The van der Waals surface area contributed by atoms with Gasteiger partial charge in [0.1, 0.15) is 17.2 Å². The van der Waals surface area contributed by atoms with Crippen LogP contribution in [0, 0.1) is 6.92 Å². The Hall–Kier alpha value is -4.38. The lowest BCUT2D eigenvalue weighted by Crippen LogP contribution is -2.10. The van der Waals surface area contributed by atoms with Gasteiger partial charge in [0.05, 0.1) is 11.4 Å². The molecule has 0 atom stereocenters. The fraction of sp³-hybridized carbons (Fsp3) is 0.0370. The smallest absolute Gasteiger partial charge is 0.248 e. The van der Waals surface area contributed by atoms with Crippen LogP contribution in [0.1, 0.15) is 15.9 Å². The van der Waals surface area contributed by atoms with Crippen LogP contribution in [0.4, 0.5) is 11.5 Å². The number of primary amides is 1. The molecule has 0 spiro atoms. The molecule has 0 bridgehead atoms. The number of carbonyl (C=O) groups is 1. The maximum absolute atomic E-state index is 11.7. The number of imidazole rings is 1. The number of pyridine rings is 1. The first-order valence-electron chi connectivity index (χ1n) is 10.5. The minimum Gasteiger partial charge on any atom is -0.366 e. The van der Waals surface area contributed by atoms with Crippen LogP contribution in [0.15, 0.2) is 84.9 Å². The molecule has 0 aliphatic carbocycles. The van der Waals surface area contributed by atoms with Crippen LogP contribution >= 0.6 is 0 Å². The Labute approximate surface area is 185 Å². The molecule has 5 aromatic rings. The number of fused-ring (bicyclic) bond motifs is 2. The van der Waals surface area contributed by atoms with Gasteiger partial charge in [0.2, 0.25) is 5.91 Å². The van der Waals surface area contributed by atoms with Crippen LogP contribution in [0.5, 0.6) is 0 Å². The Morgan fingerprint density at radius 3 is 2.47 bits per heavy atom. The van der Waals surface area contributed by atoms with E-state index >= 15 is 0 Å². The van der Waals surface area contributed by atoms with Gasteiger partial charge in [-0.25, -0.2) is 4.98 Å². The molecule has 0 fully saturated rings. The van der Waals surface area contributed by atoms with Gasteiger partial charge in [-0.2, -0.15) is 0 Å². The Kier molecular flexibility index (Phi) is 3.92. The van der Waals surface area contributed by atoms with Crippen LogP contribution < -0.4 is 11.1 Å². The second-order valence-electron chi connectivity index (χ2n) is 8.03. The molecule has 5 heteroatoms. The largest absolute Gasteiger partial charge is 0.366 e. The highest BCUT2D eigenvalue weighted by Gasteiger charge is 2.25. The van der Waals surface area contributed by atoms with Crippen LogP contribution in [-0.4, -0.2) is 15.3 Å². The lowest BCUT2D eigenvalue weighted by Gasteiger charge is -2.23. The van der Waals surface area contributed by atoms with Gasteiger partial charge < -0.3 is 11.1 Å². The molecule has 2 aromatic heterocycles. The van der Waals surface area contributed by atoms with E-state index in [1.54, 1.807) is 6.07 Å². The predicted molar refractivity (Wildman–Crippen MR) is 128 cm³/mol. The molecule has 0 saturated carbocycles. The summed E-state index contributed by atoms with van der Waals surface area (Å²) in [6.07, 6.45) is 0. The van der Waals surface area contributed by atoms with Crippen LogP contribution in [0.2, 0.25) is 0 Å². The summed E-state index contributed by atoms with van der Waals surface area (Å²) < 4.78 is 2.17. The van der Waals surface area contributed by atoms with E-state index in [1.807, 2.05) is 42.5 Å². The maximum Gasteiger partial charge on any atom is 0.248 e. The number of para-hydroxylation sites is 1. The summed E-state index contributed by atoms with van der Waals surface area (Å²) in [5.41, 5.74) is 15.2. The molecular formula is C27H20N4O. The molecule has 0 unspecified atom stereocenters. The molecule has 1 aliphatic heterocycles. The number of benzene rings is 3. The minimum absolute atomic E-state index is 0.439. The quantitative estimate of drug-likeness (QED) is 0.383. The van der Waals surface area contributed by atoms with Crippen molar-refractivity contribution in [2.45, 2.75) is 6.92 Å². The Morgan fingerprint density at radius 1 is 0.875 bits per heavy atom. The van der Waals surface area contributed by atoms with Crippen molar-refractivity contribution in [3.05, 3.63) is 96.1 Å². The first-order chi connectivity index (χ1) is 15.6. The number of amides is 1. The number of nitrogens with one attached hydrogen (secondary N) is 1.